The third-order valence-corrected chi connectivity index (χ3v) is 4.85. The fraction of sp³-hybridized carbons (Fsp3) is 0.533. The predicted molar refractivity (Wildman–Crippen MR) is 90.9 cm³/mol. The van der Waals surface area contributed by atoms with Gasteiger partial charge in [-0.05, 0) is 39.2 Å². The van der Waals surface area contributed by atoms with Gasteiger partial charge in [-0.3, -0.25) is 4.79 Å². The summed E-state index contributed by atoms with van der Waals surface area (Å²) in [5.74, 6) is 0.852. The Hall–Kier alpha value is -1.38. The number of thioether (sulfide) groups is 1. The van der Waals surface area contributed by atoms with Gasteiger partial charge in [-0.25, -0.2) is 9.97 Å². The molecule has 1 N–H and O–H groups in total. The summed E-state index contributed by atoms with van der Waals surface area (Å²) >= 11 is 1.18. The molecule has 0 atom stereocenters. The van der Waals surface area contributed by atoms with E-state index in [1.165, 1.54) is 31.1 Å². The zero-order valence-corrected chi connectivity index (χ0v) is 14.8. The molecule has 1 fully saturated rings. The summed E-state index contributed by atoms with van der Waals surface area (Å²) in [7, 11) is -0.566. The smallest absolute Gasteiger partial charge is 0.491 e. The molecule has 6 nitrogen and oxygen atoms in total. The van der Waals surface area contributed by atoms with Crippen LogP contribution in [-0.4, -0.2) is 44.3 Å². The lowest BCUT2D eigenvalue weighted by atomic mass is 9.79. The van der Waals surface area contributed by atoms with Gasteiger partial charge in [0, 0.05) is 12.7 Å². The van der Waals surface area contributed by atoms with E-state index in [0.717, 1.165) is 5.47 Å². The van der Waals surface area contributed by atoms with Gasteiger partial charge in [-0.2, -0.15) is 0 Å². The van der Waals surface area contributed by atoms with Crippen molar-refractivity contribution in [1.82, 2.24) is 9.97 Å². The van der Waals surface area contributed by atoms with E-state index in [-0.39, 0.29) is 10.9 Å². The normalized spacial score (nSPS) is 19.9. The fourth-order valence-corrected chi connectivity index (χ4v) is 2.52. The highest BCUT2D eigenvalue weighted by Crippen LogP contribution is 2.39. The van der Waals surface area contributed by atoms with E-state index < -0.39 is 18.3 Å². The van der Waals surface area contributed by atoms with E-state index in [1.54, 1.807) is 6.08 Å². The van der Waals surface area contributed by atoms with Crippen LogP contribution in [0.1, 0.15) is 40.4 Å². The third-order valence-electron chi connectivity index (χ3n) is 3.97. The summed E-state index contributed by atoms with van der Waals surface area (Å²) < 4.78 is 12.1. The van der Waals surface area contributed by atoms with E-state index in [2.05, 4.69) is 9.97 Å². The molecule has 1 aliphatic rings. The third kappa shape index (κ3) is 4.34. The highest BCUT2D eigenvalue weighted by molar-refractivity contribution is 8.13. The molecule has 1 saturated heterocycles. The first-order valence-electron chi connectivity index (χ1n) is 7.31. The SMILES string of the molecule is CC(=O)SCC(=Cc1ncc(O)cn1)B1OC(C)(C)C(C)(C)O1. The number of carbonyl (C=O) groups is 1. The second-order valence-electron chi connectivity index (χ2n) is 6.39. The van der Waals surface area contributed by atoms with E-state index in [0.29, 0.717) is 11.6 Å². The van der Waals surface area contributed by atoms with Crippen LogP contribution in [0.25, 0.3) is 6.08 Å². The second kappa shape index (κ2) is 6.63. The Morgan fingerprint density at radius 3 is 2.26 bits per heavy atom. The lowest BCUT2D eigenvalue weighted by Crippen LogP contribution is -2.41. The van der Waals surface area contributed by atoms with Gasteiger partial charge in [0.25, 0.3) is 0 Å². The van der Waals surface area contributed by atoms with Crippen LogP contribution in [-0.2, 0) is 14.1 Å². The number of hydrogen-bond donors (Lipinski definition) is 1. The Labute approximate surface area is 140 Å². The van der Waals surface area contributed by atoms with E-state index in [1.807, 2.05) is 27.7 Å². The molecule has 0 spiro atoms. The highest BCUT2D eigenvalue weighted by atomic mass is 32.2. The molecule has 8 heteroatoms. The molecule has 0 radical (unpaired) electrons. The van der Waals surface area contributed by atoms with E-state index in [9.17, 15) is 9.90 Å². The van der Waals surface area contributed by atoms with Gasteiger partial charge < -0.3 is 14.4 Å². The van der Waals surface area contributed by atoms with Crippen molar-refractivity contribution in [3.05, 3.63) is 23.7 Å². The van der Waals surface area contributed by atoms with Crippen LogP contribution in [0.3, 0.4) is 0 Å². The maximum Gasteiger partial charge on any atom is 0.491 e. The largest absolute Gasteiger partial charge is 0.505 e. The summed E-state index contributed by atoms with van der Waals surface area (Å²) in [6.07, 6.45) is 4.37. The Morgan fingerprint density at radius 1 is 1.26 bits per heavy atom. The summed E-state index contributed by atoms with van der Waals surface area (Å²) in [5.41, 5.74) is -0.157. The van der Waals surface area contributed by atoms with Crippen LogP contribution in [0.4, 0.5) is 0 Å². The van der Waals surface area contributed by atoms with Crippen molar-refractivity contribution in [3.63, 3.8) is 0 Å². The van der Waals surface area contributed by atoms with Crippen LogP contribution >= 0.6 is 11.8 Å². The summed E-state index contributed by atoms with van der Waals surface area (Å²) in [6.45, 7) is 9.41. The monoisotopic (exact) mass is 336 g/mol. The minimum atomic E-state index is -0.566. The van der Waals surface area contributed by atoms with Crippen molar-refractivity contribution in [2.45, 2.75) is 45.8 Å². The molecule has 1 aromatic heterocycles. The number of aromatic hydroxyl groups is 1. The van der Waals surface area contributed by atoms with Gasteiger partial charge in [0.2, 0.25) is 0 Å². The molecule has 0 saturated carbocycles. The lowest BCUT2D eigenvalue weighted by Gasteiger charge is -2.32. The van der Waals surface area contributed by atoms with E-state index in [4.69, 9.17) is 9.31 Å². The Bertz CT molecular complexity index is 600. The van der Waals surface area contributed by atoms with Crippen LogP contribution in [0, 0.1) is 0 Å². The zero-order chi connectivity index (χ0) is 17.3. The summed E-state index contributed by atoms with van der Waals surface area (Å²) in [5, 5.41) is 9.28. The Kier molecular flexibility index (Phi) is 5.18. The van der Waals surface area contributed by atoms with Crippen LogP contribution in [0.15, 0.2) is 17.9 Å². The maximum atomic E-state index is 11.3. The molecule has 2 rings (SSSR count). The first-order chi connectivity index (χ1) is 10.6. The van der Waals surface area contributed by atoms with Gasteiger partial charge in [-0.1, -0.05) is 11.8 Å². The molecular formula is C15H21BN2O4S. The minimum Gasteiger partial charge on any atom is -0.505 e. The molecule has 1 aliphatic heterocycles. The highest BCUT2D eigenvalue weighted by Gasteiger charge is 2.52. The van der Waals surface area contributed by atoms with Crippen LogP contribution in [0.2, 0.25) is 0 Å². The molecule has 2 heterocycles. The number of rotatable bonds is 4. The first kappa shape index (κ1) is 18.0. The van der Waals surface area contributed by atoms with E-state index >= 15 is 0 Å². The van der Waals surface area contributed by atoms with Crippen molar-refractivity contribution >= 4 is 30.1 Å². The van der Waals surface area contributed by atoms with Crippen molar-refractivity contribution in [2.75, 3.05) is 5.75 Å². The Balaban J connectivity index is 2.28. The average Bonchev–Trinajstić information content (AvgIpc) is 2.65. The van der Waals surface area contributed by atoms with Gasteiger partial charge in [-0.15, -0.1) is 0 Å². The number of nitrogens with zero attached hydrogens (tertiary/aromatic N) is 2. The quantitative estimate of drug-likeness (QED) is 0.846. The molecule has 0 bridgehead atoms. The molecule has 0 unspecified atom stereocenters. The standard InChI is InChI=1S/C15H21BN2O4S/c1-10(19)23-9-11(6-13-17-7-12(20)8-18-13)16-21-14(2,3)15(4,5)22-16/h6-8,20H,9H2,1-5H3. The van der Waals surface area contributed by atoms with Crippen molar-refractivity contribution in [1.29, 1.82) is 0 Å². The van der Waals surface area contributed by atoms with Gasteiger partial charge in [0.05, 0.1) is 23.6 Å². The molecule has 0 aromatic carbocycles. The molecular weight excluding hydrogens is 315 g/mol. The second-order valence-corrected chi connectivity index (χ2v) is 7.54. The van der Waals surface area contributed by atoms with Crippen molar-refractivity contribution < 1.29 is 19.2 Å². The van der Waals surface area contributed by atoms with Crippen molar-refractivity contribution in [3.8, 4) is 5.75 Å². The fourth-order valence-electron chi connectivity index (χ4n) is 1.93. The predicted octanol–water partition coefficient (Wildman–Crippen LogP) is 2.48. The molecule has 0 aliphatic carbocycles. The first-order valence-corrected chi connectivity index (χ1v) is 8.30. The van der Waals surface area contributed by atoms with Crippen LogP contribution < -0.4 is 0 Å². The number of hydrogen-bond acceptors (Lipinski definition) is 7. The Morgan fingerprint density at radius 2 is 1.78 bits per heavy atom. The maximum absolute atomic E-state index is 11.3. The van der Waals surface area contributed by atoms with Crippen LogP contribution in [0.5, 0.6) is 5.75 Å². The molecule has 124 valence electrons. The summed E-state index contributed by atoms with van der Waals surface area (Å²) in [4.78, 5) is 19.4. The summed E-state index contributed by atoms with van der Waals surface area (Å²) in [6, 6.07) is 0. The molecule has 1 aromatic rings. The average molecular weight is 336 g/mol. The number of aromatic nitrogens is 2. The minimum absolute atomic E-state index is 0.00237. The topological polar surface area (TPSA) is 81.5 Å². The molecule has 0 amide bonds. The van der Waals surface area contributed by atoms with Gasteiger partial charge in [0.15, 0.2) is 16.7 Å². The lowest BCUT2D eigenvalue weighted by molar-refractivity contribution is -0.109. The van der Waals surface area contributed by atoms with Gasteiger partial charge in [0.1, 0.15) is 0 Å². The molecule has 23 heavy (non-hydrogen) atoms. The van der Waals surface area contributed by atoms with Gasteiger partial charge >= 0.3 is 7.12 Å². The zero-order valence-electron chi connectivity index (χ0n) is 14.0. The van der Waals surface area contributed by atoms with Crippen molar-refractivity contribution in [2.24, 2.45) is 0 Å². The number of carbonyl (C=O) groups excluding carboxylic acids is 1.